The molecule has 1 aromatic heterocycles. The van der Waals surface area contributed by atoms with E-state index in [1.54, 1.807) is 57.5 Å². The molecule has 4 rings (SSSR count). The highest BCUT2D eigenvalue weighted by Gasteiger charge is 2.32. The van der Waals surface area contributed by atoms with Gasteiger partial charge in [0.25, 0.3) is 5.91 Å². The van der Waals surface area contributed by atoms with Crippen LogP contribution in [-0.2, 0) is 14.6 Å². The number of aryl methyl sites for hydroxylation is 1. The number of fused-ring (bicyclic) bond motifs is 1. The molecule has 1 aliphatic heterocycles. The van der Waals surface area contributed by atoms with Crippen molar-refractivity contribution in [3.63, 3.8) is 0 Å². The van der Waals surface area contributed by atoms with E-state index < -0.39 is 9.84 Å². The molecular weight excluding hydrogens is 462 g/mol. The molecule has 1 amide bonds. The molecule has 3 aromatic rings. The van der Waals surface area contributed by atoms with Gasteiger partial charge in [-0.1, -0.05) is 0 Å². The number of ether oxygens (including phenoxy) is 3. The standard InChI is InChI=1S/C24H25NO8S/c1-15-24(33-18-6-4-17(30-3)5-7-18)23(27)20-9-8-19(12-21(20)32-15)31-13-22(26)25(2)16-10-11-34(28,29)14-16/h4-9,12,16H,10-11,13-14H2,1-3H3/t16-/m1/s1. The summed E-state index contributed by atoms with van der Waals surface area (Å²) in [6.45, 7) is 1.36. The second kappa shape index (κ2) is 9.38. The highest BCUT2D eigenvalue weighted by Crippen LogP contribution is 2.28. The number of likely N-dealkylation sites (N-methyl/N-ethyl adjacent to an activating group) is 1. The monoisotopic (exact) mass is 487 g/mol. The van der Waals surface area contributed by atoms with E-state index >= 15 is 0 Å². The third kappa shape index (κ3) is 5.01. The van der Waals surface area contributed by atoms with Gasteiger partial charge in [0, 0.05) is 19.2 Å². The van der Waals surface area contributed by atoms with E-state index in [0.29, 0.717) is 40.4 Å². The fourth-order valence-corrected chi connectivity index (χ4v) is 5.54. The van der Waals surface area contributed by atoms with Crippen LogP contribution in [0.25, 0.3) is 11.0 Å². The quantitative estimate of drug-likeness (QED) is 0.500. The number of nitrogens with zero attached hydrogens (tertiary/aromatic N) is 1. The molecule has 10 heteroatoms. The van der Waals surface area contributed by atoms with Crippen LogP contribution in [0.3, 0.4) is 0 Å². The molecule has 0 radical (unpaired) electrons. The van der Waals surface area contributed by atoms with Gasteiger partial charge in [0.05, 0.1) is 24.0 Å². The molecule has 1 fully saturated rings. The van der Waals surface area contributed by atoms with Crippen molar-refractivity contribution in [1.29, 1.82) is 0 Å². The minimum atomic E-state index is -3.09. The predicted octanol–water partition coefficient (Wildman–Crippen LogP) is 2.93. The molecule has 34 heavy (non-hydrogen) atoms. The molecule has 0 spiro atoms. The maximum Gasteiger partial charge on any atom is 0.260 e. The number of benzene rings is 2. The summed E-state index contributed by atoms with van der Waals surface area (Å²) >= 11 is 0. The lowest BCUT2D eigenvalue weighted by atomic mass is 10.2. The summed E-state index contributed by atoms with van der Waals surface area (Å²) < 4.78 is 45.6. The van der Waals surface area contributed by atoms with Crippen molar-refractivity contribution in [3.8, 4) is 23.0 Å². The summed E-state index contributed by atoms with van der Waals surface area (Å²) in [7, 11) is 0.0426. The summed E-state index contributed by atoms with van der Waals surface area (Å²) in [5.41, 5.74) is -0.0378. The molecule has 9 nitrogen and oxygen atoms in total. The van der Waals surface area contributed by atoms with Gasteiger partial charge in [-0.3, -0.25) is 9.59 Å². The molecule has 0 aliphatic carbocycles. The number of hydrogen-bond donors (Lipinski definition) is 0. The first-order chi connectivity index (χ1) is 16.2. The highest BCUT2D eigenvalue weighted by molar-refractivity contribution is 7.91. The molecule has 1 aliphatic rings. The van der Waals surface area contributed by atoms with Gasteiger partial charge in [0.1, 0.15) is 28.6 Å². The SMILES string of the molecule is COc1ccc(Oc2c(C)oc3cc(OCC(=O)N(C)[C@@H]4CCS(=O)(=O)C4)ccc3c2=O)cc1. The molecule has 0 saturated carbocycles. The van der Waals surface area contributed by atoms with E-state index in [1.165, 1.54) is 11.0 Å². The predicted molar refractivity (Wildman–Crippen MR) is 126 cm³/mol. The molecule has 1 saturated heterocycles. The minimum absolute atomic E-state index is 0.0312. The van der Waals surface area contributed by atoms with E-state index in [1.807, 2.05) is 0 Å². The van der Waals surface area contributed by atoms with Crippen LogP contribution in [0.15, 0.2) is 51.7 Å². The molecule has 180 valence electrons. The lowest BCUT2D eigenvalue weighted by Crippen LogP contribution is -2.40. The second-order valence-corrected chi connectivity index (χ2v) is 10.3. The molecule has 0 N–H and O–H groups in total. The zero-order chi connectivity index (χ0) is 24.5. The number of hydrogen-bond acceptors (Lipinski definition) is 8. The van der Waals surface area contributed by atoms with Crippen molar-refractivity contribution in [2.75, 3.05) is 32.3 Å². The number of rotatable bonds is 7. The van der Waals surface area contributed by atoms with Crippen LogP contribution in [0, 0.1) is 6.92 Å². The van der Waals surface area contributed by atoms with E-state index in [-0.39, 0.29) is 41.2 Å². The van der Waals surface area contributed by atoms with Gasteiger partial charge in [-0.2, -0.15) is 0 Å². The highest BCUT2D eigenvalue weighted by atomic mass is 32.2. The zero-order valence-corrected chi connectivity index (χ0v) is 19.9. The fraction of sp³-hybridized carbons (Fsp3) is 0.333. The number of carbonyl (C=O) groups excluding carboxylic acids is 1. The Labute approximate surface area is 196 Å². The Hall–Kier alpha value is -3.53. The first-order valence-corrected chi connectivity index (χ1v) is 12.5. The van der Waals surface area contributed by atoms with Gasteiger partial charge in [-0.15, -0.1) is 0 Å². The summed E-state index contributed by atoms with van der Waals surface area (Å²) in [5, 5.41) is 0.307. The largest absolute Gasteiger partial charge is 0.497 e. The number of carbonyl (C=O) groups is 1. The van der Waals surface area contributed by atoms with E-state index in [2.05, 4.69) is 0 Å². The minimum Gasteiger partial charge on any atom is -0.497 e. The van der Waals surface area contributed by atoms with Crippen LogP contribution < -0.4 is 19.6 Å². The van der Waals surface area contributed by atoms with Crippen LogP contribution in [0.1, 0.15) is 12.2 Å². The van der Waals surface area contributed by atoms with Gasteiger partial charge in [-0.05, 0) is 49.7 Å². The number of sulfone groups is 1. The van der Waals surface area contributed by atoms with Gasteiger partial charge in [0.15, 0.2) is 16.4 Å². The van der Waals surface area contributed by atoms with Crippen molar-refractivity contribution >= 4 is 26.7 Å². The second-order valence-electron chi connectivity index (χ2n) is 8.10. The van der Waals surface area contributed by atoms with Crippen LogP contribution in [0.2, 0.25) is 0 Å². The fourth-order valence-electron chi connectivity index (χ4n) is 3.77. The van der Waals surface area contributed by atoms with E-state index in [4.69, 9.17) is 18.6 Å². The van der Waals surface area contributed by atoms with E-state index in [0.717, 1.165) is 0 Å². The maximum absolute atomic E-state index is 13.0. The van der Waals surface area contributed by atoms with Crippen molar-refractivity contribution < 1.29 is 31.8 Å². The van der Waals surface area contributed by atoms with Crippen LogP contribution in [0.5, 0.6) is 23.0 Å². The normalized spacial score (nSPS) is 16.9. The Morgan fingerprint density at radius 1 is 1.12 bits per heavy atom. The van der Waals surface area contributed by atoms with Gasteiger partial charge < -0.3 is 23.5 Å². The lowest BCUT2D eigenvalue weighted by Gasteiger charge is -2.23. The first-order valence-electron chi connectivity index (χ1n) is 10.6. The van der Waals surface area contributed by atoms with Crippen molar-refractivity contribution in [3.05, 3.63) is 58.4 Å². The van der Waals surface area contributed by atoms with Gasteiger partial charge in [0.2, 0.25) is 11.2 Å². The first kappa shape index (κ1) is 23.6. The molecule has 2 aromatic carbocycles. The van der Waals surface area contributed by atoms with Crippen LogP contribution in [-0.4, -0.2) is 57.5 Å². The topological polar surface area (TPSA) is 112 Å². The molecule has 0 unspecified atom stereocenters. The van der Waals surface area contributed by atoms with Crippen molar-refractivity contribution in [1.82, 2.24) is 4.90 Å². The van der Waals surface area contributed by atoms with E-state index in [9.17, 15) is 18.0 Å². The summed E-state index contributed by atoms with van der Waals surface area (Å²) in [6, 6.07) is 11.1. The Morgan fingerprint density at radius 2 is 1.79 bits per heavy atom. The molecule has 2 heterocycles. The molecule has 0 bridgehead atoms. The Balaban J connectivity index is 1.48. The Morgan fingerprint density at radius 3 is 2.44 bits per heavy atom. The van der Waals surface area contributed by atoms with Gasteiger partial charge >= 0.3 is 0 Å². The van der Waals surface area contributed by atoms with Crippen molar-refractivity contribution in [2.24, 2.45) is 0 Å². The third-order valence-corrected chi connectivity index (χ3v) is 7.53. The maximum atomic E-state index is 13.0. The Kier molecular flexibility index (Phi) is 6.52. The number of methoxy groups -OCH3 is 1. The van der Waals surface area contributed by atoms with Crippen LogP contribution >= 0.6 is 0 Å². The zero-order valence-electron chi connectivity index (χ0n) is 19.1. The molecular formula is C24H25NO8S. The number of amides is 1. The average Bonchev–Trinajstić information content (AvgIpc) is 3.19. The summed E-state index contributed by atoms with van der Waals surface area (Å²) in [6.07, 6.45) is 0.423. The Bertz CT molecular complexity index is 1380. The van der Waals surface area contributed by atoms with Crippen molar-refractivity contribution in [2.45, 2.75) is 19.4 Å². The van der Waals surface area contributed by atoms with Crippen LogP contribution in [0.4, 0.5) is 0 Å². The molecule has 1 atom stereocenters. The van der Waals surface area contributed by atoms with Gasteiger partial charge in [-0.25, -0.2) is 8.42 Å². The third-order valence-electron chi connectivity index (χ3n) is 5.78. The average molecular weight is 488 g/mol. The lowest BCUT2D eigenvalue weighted by molar-refractivity contribution is -0.133. The summed E-state index contributed by atoms with van der Waals surface area (Å²) in [5.74, 6) is 1.58. The smallest absolute Gasteiger partial charge is 0.260 e. The summed E-state index contributed by atoms with van der Waals surface area (Å²) in [4.78, 5) is 26.9.